The van der Waals surface area contributed by atoms with Gasteiger partial charge in [-0.3, -0.25) is 14.5 Å². The van der Waals surface area contributed by atoms with Gasteiger partial charge in [0.05, 0.1) is 12.1 Å². The number of carbonyl (C=O) groups is 2. The van der Waals surface area contributed by atoms with Crippen LogP contribution in [0, 0.1) is 0 Å². The summed E-state index contributed by atoms with van der Waals surface area (Å²) in [6.45, 7) is 3.10. The molecular formula is C14H17Br2N3O2. The van der Waals surface area contributed by atoms with Gasteiger partial charge in [-0.15, -0.1) is 0 Å². The van der Waals surface area contributed by atoms with E-state index in [1.807, 2.05) is 23.1 Å². The number of piperazine rings is 1. The second kappa shape index (κ2) is 7.38. The molecule has 0 spiro atoms. The Morgan fingerprint density at radius 1 is 1.19 bits per heavy atom. The molecule has 1 aliphatic heterocycles. The topological polar surface area (TPSA) is 52.7 Å². The predicted octanol–water partition coefficient (Wildman–Crippen LogP) is 1.72. The molecule has 1 N–H and O–H groups in total. The maximum atomic E-state index is 12.5. The van der Waals surface area contributed by atoms with Crippen molar-refractivity contribution in [2.24, 2.45) is 0 Å². The number of rotatable bonds is 3. The maximum absolute atomic E-state index is 12.5. The van der Waals surface area contributed by atoms with Crippen molar-refractivity contribution in [3.63, 3.8) is 0 Å². The van der Waals surface area contributed by atoms with E-state index in [4.69, 9.17) is 0 Å². The van der Waals surface area contributed by atoms with Gasteiger partial charge >= 0.3 is 0 Å². The zero-order valence-electron chi connectivity index (χ0n) is 11.7. The predicted molar refractivity (Wildman–Crippen MR) is 88.3 cm³/mol. The van der Waals surface area contributed by atoms with Crippen molar-refractivity contribution >= 4 is 43.7 Å². The van der Waals surface area contributed by atoms with Gasteiger partial charge in [0.15, 0.2) is 0 Å². The van der Waals surface area contributed by atoms with Crippen LogP contribution in [0.2, 0.25) is 0 Å². The monoisotopic (exact) mass is 417 g/mol. The number of hydrogen-bond acceptors (Lipinski definition) is 3. The van der Waals surface area contributed by atoms with Crippen molar-refractivity contribution in [2.45, 2.75) is 0 Å². The molecule has 114 valence electrons. The highest BCUT2D eigenvalue weighted by atomic mass is 79.9. The summed E-state index contributed by atoms with van der Waals surface area (Å²) in [5.74, 6) is 0.0272. The van der Waals surface area contributed by atoms with Crippen LogP contribution in [0.5, 0.6) is 0 Å². The Labute approximate surface area is 140 Å². The van der Waals surface area contributed by atoms with Gasteiger partial charge in [-0.2, -0.15) is 0 Å². The van der Waals surface area contributed by atoms with Gasteiger partial charge in [0, 0.05) is 42.2 Å². The fourth-order valence-corrected chi connectivity index (χ4v) is 3.44. The van der Waals surface area contributed by atoms with Gasteiger partial charge < -0.3 is 10.2 Å². The highest BCUT2D eigenvalue weighted by Crippen LogP contribution is 2.23. The lowest BCUT2D eigenvalue weighted by Gasteiger charge is -2.34. The number of hydrogen-bond donors (Lipinski definition) is 1. The molecule has 0 aromatic heterocycles. The standard InChI is InChI=1S/C14H17Br2N3O2/c1-17-13(20)9-18-4-6-19(7-5-18)14(21)11-3-2-10(15)8-12(11)16/h2-3,8H,4-7,9H2,1H3,(H,17,20). The lowest BCUT2D eigenvalue weighted by Crippen LogP contribution is -2.50. The lowest BCUT2D eigenvalue weighted by molar-refractivity contribution is -0.122. The van der Waals surface area contributed by atoms with Crippen molar-refractivity contribution in [3.8, 4) is 0 Å². The molecule has 0 radical (unpaired) electrons. The maximum Gasteiger partial charge on any atom is 0.255 e. The molecule has 1 heterocycles. The van der Waals surface area contributed by atoms with Crippen molar-refractivity contribution in [1.29, 1.82) is 0 Å². The quantitative estimate of drug-likeness (QED) is 0.812. The Morgan fingerprint density at radius 2 is 1.86 bits per heavy atom. The van der Waals surface area contributed by atoms with Crippen LogP contribution in [0.4, 0.5) is 0 Å². The smallest absolute Gasteiger partial charge is 0.255 e. The first-order chi connectivity index (χ1) is 10.0. The summed E-state index contributed by atoms with van der Waals surface area (Å²) >= 11 is 6.81. The third-order valence-corrected chi connectivity index (χ3v) is 4.62. The second-order valence-electron chi connectivity index (χ2n) is 4.87. The summed E-state index contributed by atoms with van der Waals surface area (Å²) < 4.78 is 1.72. The van der Waals surface area contributed by atoms with Crippen LogP contribution >= 0.6 is 31.9 Å². The Kier molecular flexibility index (Phi) is 5.78. The molecule has 1 aromatic rings. The van der Waals surface area contributed by atoms with Gasteiger partial charge in [-0.05, 0) is 34.1 Å². The molecule has 21 heavy (non-hydrogen) atoms. The Morgan fingerprint density at radius 3 is 2.43 bits per heavy atom. The first-order valence-electron chi connectivity index (χ1n) is 6.68. The molecule has 1 aromatic carbocycles. The van der Waals surface area contributed by atoms with E-state index in [1.165, 1.54) is 0 Å². The molecule has 0 aliphatic carbocycles. The first kappa shape index (κ1) is 16.5. The summed E-state index contributed by atoms with van der Waals surface area (Å²) in [5, 5.41) is 2.61. The van der Waals surface area contributed by atoms with E-state index >= 15 is 0 Å². The van der Waals surface area contributed by atoms with Gasteiger partial charge in [0.25, 0.3) is 5.91 Å². The number of amides is 2. The number of benzene rings is 1. The molecule has 5 nitrogen and oxygen atoms in total. The molecule has 0 unspecified atom stereocenters. The fraction of sp³-hybridized carbons (Fsp3) is 0.429. The summed E-state index contributed by atoms with van der Waals surface area (Å²) in [5.41, 5.74) is 0.665. The van der Waals surface area contributed by atoms with Gasteiger partial charge in [0.2, 0.25) is 5.91 Å². The van der Waals surface area contributed by atoms with E-state index in [0.29, 0.717) is 38.3 Å². The number of carbonyl (C=O) groups excluding carboxylic acids is 2. The van der Waals surface area contributed by atoms with E-state index < -0.39 is 0 Å². The molecule has 0 bridgehead atoms. The number of nitrogens with zero attached hydrogens (tertiary/aromatic N) is 2. The zero-order valence-corrected chi connectivity index (χ0v) is 14.9. The van der Waals surface area contributed by atoms with Gasteiger partial charge in [-0.1, -0.05) is 15.9 Å². The van der Waals surface area contributed by atoms with Crippen LogP contribution in [0.15, 0.2) is 27.1 Å². The Bertz CT molecular complexity index is 543. The lowest BCUT2D eigenvalue weighted by atomic mass is 10.2. The summed E-state index contributed by atoms with van der Waals surface area (Å²) in [6.07, 6.45) is 0. The third kappa shape index (κ3) is 4.28. The normalized spacial score (nSPS) is 15.9. The Hall–Kier alpha value is -0.920. The van der Waals surface area contributed by atoms with Crippen LogP contribution in [0.3, 0.4) is 0 Å². The largest absolute Gasteiger partial charge is 0.358 e. The van der Waals surface area contributed by atoms with Crippen molar-refractivity contribution < 1.29 is 9.59 Å². The highest BCUT2D eigenvalue weighted by molar-refractivity contribution is 9.11. The summed E-state index contributed by atoms with van der Waals surface area (Å²) in [4.78, 5) is 27.7. The molecule has 1 saturated heterocycles. The zero-order chi connectivity index (χ0) is 15.4. The van der Waals surface area contributed by atoms with Gasteiger partial charge in [0.1, 0.15) is 0 Å². The SMILES string of the molecule is CNC(=O)CN1CCN(C(=O)c2ccc(Br)cc2Br)CC1. The number of halogens is 2. The summed E-state index contributed by atoms with van der Waals surface area (Å²) in [6, 6.07) is 5.54. The molecule has 7 heteroatoms. The fourth-order valence-electron chi connectivity index (χ4n) is 2.22. The van der Waals surface area contributed by atoms with E-state index in [-0.39, 0.29) is 11.8 Å². The van der Waals surface area contributed by atoms with Gasteiger partial charge in [-0.25, -0.2) is 0 Å². The van der Waals surface area contributed by atoms with Crippen LogP contribution in [0.25, 0.3) is 0 Å². The van der Waals surface area contributed by atoms with E-state index in [2.05, 4.69) is 42.1 Å². The van der Waals surface area contributed by atoms with E-state index in [1.54, 1.807) is 7.05 Å². The van der Waals surface area contributed by atoms with Crippen LogP contribution < -0.4 is 5.32 Å². The van der Waals surface area contributed by atoms with Crippen molar-refractivity contribution in [1.82, 2.24) is 15.1 Å². The average molecular weight is 419 g/mol. The Balaban J connectivity index is 1.95. The number of nitrogens with one attached hydrogen (secondary N) is 1. The molecule has 0 saturated carbocycles. The molecule has 1 aliphatic rings. The molecule has 1 fully saturated rings. The summed E-state index contributed by atoms with van der Waals surface area (Å²) in [7, 11) is 1.63. The van der Waals surface area contributed by atoms with E-state index in [9.17, 15) is 9.59 Å². The van der Waals surface area contributed by atoms with E-state index in [0.717, 1.165) is 8.95 Å². The van der Waals surface area contributed by atoms with Crippen LogP contribution in [-0.4, -0.2) is 61.4 Å². The molecule has 2 rings (SSSR count). The molecule has 0 atom stereocenters. The molecule has 2 amide bonds. The minimum atomic E-state index is 0.00503. The second-order valence-corrected chi connectivity index (χ2v) is 6.64. The first-order valence-corrected chi connectivity index (χ1v) is 8.27. The average Bonchev–Trinajstić information content (AvgIpc) is 2.47. The van der Waals surface area contributed by atoms with Crippen molar-refractivity contribution in [2.75, 3.05) is 39.8 Å². The van der Waals surface area contributed by atoms with Crippen LogP contribution in [0.1, 0.15) is 10.4 Å². The number of likely N-dealkylation sites (N-methyl/N-ethyl adjacent to an activating group) is 1. The third-order valence-electron chi connectivity index (χ3n) is 3.47. The van der Waals surface area contributed by atoms with Crippen molar-refractivity contribution in [3.05, 3.63) is 32.7 Å². The minimum absolute atomic E-state index is 0.00503. The van der Waals surface area contributed by atoms with Crippen LogP contribution in [-0.2, 0) is 4.79 Å². The highest BCUT2D eigenvalue weighted by Gasteiger charge is 2.24. The minimum Gasteiger partial charge on any atom is -0.358 e. The molecular weight excluding hydrogens is 402 g/mol.